The lowest BCUT2D eigenvalue weighted by atomic mass is 10.0. The Hall–Kier alpha value is -1.89. The fourth-order valence-corrected chi connectivity index (χ4v) is 1.42. The van der Waals surface area contributed by atoms with Crippen molar-refractivity contribution in [2.45, 2.75) is 13.3 Å². The van der Waals surface area contributed by atoms with Crippen molar-refractivity contribution < 1.29 is 4.79 Å². The van der Waals surface area contributed by atoms with Crippen LogP contribution >= 0.6 is 0 Å². The fraction of sp³-hybridized carbons (Fsp3) is 0.133. The van der Waals surface area contributed by atoms with Gasteiger partial charge < -0.3 is 0 Å². The van der Waals surface area contributed by atoms with Crippen molar-refractivity contribution in [3.8, 4) is 0 Å². The van der Waals surface area contributed by atoms with E-state index in [-0.39, 0.29) is 5.78 Å². The molecule has 0 atom stereocenters. The van der Waals surface area contributed by atoms with E-state index in [0.29, 0.717) is 11.1 Å². The maximum absolute atomic E-state index is 12.0. The standard InChI is InChI=1S/C15H16O/c1-4-7-13(6-3)15(16)14-10-8-12(5-2)9-11-14/h4,6-11H,1,3,5H2,2H3/b13-7+. The molecule has 0 radical (unpaired) electrons. The topological polar surface area (TPSA) is 17.1 Å². The molecule has 1 rings (SSSR count). The molecule has 0 N–H and O–H groups in total. The van der Waals surface area contributed by atoms with Gasteiger partial charge in [-0.25, -0.2) is 0 Å². The quantitative estimate of drug-likeness (QED) is 0.413. The maximum Gasteiger partial charge on any atom is 0.192 e. The van der Waals surface area contributed by atoms with Crippen LogP contribution in [0.1, 0.15) is 22.8 Å². The smallest absolute Gasteiger partial charge is 0.192 e. The molecule has 82 valence electrons. The normalized spacial score (nSPS) is 10.9. The van der Waals surface area contributed by atoms with Crippen LogP contribution in [0.15, 0.2) is 61.2 Å². The first-order valence-corrected chi connectivity index (χ1v) is 5.31. The van der Waals surface area contributed by atoms with Gasteiger partial charge in [0.2, 0.25) is 0 Å². The highest BCUT2D eigenvalue weighted by Gasteiger charge is 2.08. The lowest BCUT2D eigenvalue weighted by molar-refractivity contribution is 0.103. The summed E-state index contributed by atoms with van der Waals surface area (Å²) in [5.41, 5.74) is 2.48. The van der Waals surface area contributed by atoms with Gasteiger partial charge >= 0.3 is 0 Å². The van der Waals surface area contributed by atoms with Crippen LogP contribution in [-0.4, -0.2) is 5.78 Å². The summed E-state index contributed by atoms with van der Waals surface area (Å²) < 4.78 is 0. The summed E-state index contributed by atoms with van der Waals surface area (Å²) >= 11 is 0. The van der Waals surface area contributed by atoms with E-state index in [0.717, 1.165) is 6.42 Å². The van der Waals surface area contributed by atoms with Crippen LogP contribution in [0.2, 0.25) is 0 Å². The minimum Gasteiger partial charge on any atom is -0.289 e. The van der Waals surface area contributed by atoms with Crippen LogP contribution in [0.5, 0.6) is 0 Å². The van der Waals surface area contributed by atoms with E-state index in [1.54, 1.807) is 18.2 Å². The van der Waals surface area contributed by atoms with Gasteiger partial charge in [-0.1, -0.05) is 62.6 Å². The predicted octanol–water partition coefficient (Wildman–Crippen LogP) is 3.73. The van der Waals surface area contributed by atoms with Gasteiger partial charge in [0.25, 0.3) is 0 Å². The second kappa shape index (κ2) is 5.86. The summed E-state index contributed by atoms with van der Waals surface area (Å²) in [6, 6.07) is 7.65. The van der Waals surface area contributed by atoms with Crippen LogP contribution < -0.4 is 0 Å². The number of allylic oxidation sites excluding steroid dienone is 4. The third kappa shape index (κ3) is 2.80. The molecule has 0 saturated heterocycles. The van der Waals surface area contributed by atoms with Crippen LogP contribution in [0.4, 0.5) is 0 Å². The first-order chi connectivity index (χ1) is 7.72. The number of hydrogen-bond acceptors (Lipinski definition) is 1. The van der Waals surface area contributed by atoms with Crippen molar-refractivity contribution >= 4 is 5.78 Å². The molecule has 1 nitrogen and oxygen atoms in total. The van der Waals surface area contributed by atoms with Gasteiger partial charge in [-0.3, -0.25) is 4.79 Å². The van der Waals surface area contributed by atoms with Crippen molar-refractivity contribution in [2.24, 2.45) is 0 Å². The zero-order valence-corrected chi connectivity index (χ0v) is 9.57. The van der Waals surface area contributed by atoms with Crippen molar-refractivity contribution in [1.82, 2.24) is 0 Å². The highest BCUT2D eigenvalue weighted by molar-refractivity contribution is 6.10. The molecule has 0 fully saturated rings. The van der Waals surface area contributed by atoms with Crippen LogP contribution in [0, 0.1) is 0 Å². The number of hydrogen-bond donors (Lipinski definition) is 0. The predicted molar refractivity (Wildman–Crippen MR) is 68.6 cm³/mol. The fourth-order valence-electron chi connectivity index (χ4n) is 1.42. The molecule has 1 aromatic rings. The molecule has 0 aromatic heterocycles. The molecule has 0 amide bonds. The first-order valence-electron chi connectivity index (χ1n) is 5.31. The number of carbonyl (C=O) groups excluding carboxylic acids is 1. The molecule has 1 aromatic carbocycles. The average molecular weight is 212 g/mol. The van der Waals surface area contributed by atoms with E-state index >= 15 is 0 Å². The Kier molecular flexibility index (Phi) is 4.46. The molecular formula is C15H16O. The van der Waals surface area contributed by atoms with Crippen molar-refractivity contribution in [2.75, 3.05) is 0 Å². The Morgan fingerprint density at radius 2 is 1.88 bits per heavy atom. The molecule has 0 aliphatic heterocycles. The molecule has 0 aliphatic carbocycles. The van der Waals surface area contributed by atoms with E-state index in [1.165, 1.54) is 5.56 Å². The molecule has 0 heterocycles. The molecule has 0 bridgehead atoms. The first kappa shape index (κ1) is 12.2. The Morgan fingerprint density at radius 1 is 1.25 bits per heavy atom. The van der Waals surface area contributed by atoms with Gasteiger partial charge in [-0.05, 0) is 12.0 Å². The number of benzene rings is 1. The zero-order chi connectivity index (χ0) is 12.0. The minimum atomic E-state index is -0.0162. The summed E-state index contributed by atoms with van der Waals surface area (Å²) in [5.74, 6) is -0.0162. The Morgan fingerprint density at radius 3 is 2.31 bits per heavy atom. The van der Waals surface area contributed by atoms with Crippen LogP contribution in [-0.2, 0) is 6.42 Å². The molecular weight excluding hydrogens is 196 g/mol. The minimum absolute atomic E-state index is 0.0162. The van der Waals surface area contributed by atoms with Gasteiger partial charge in [-0.2, -0.15) is 0 Å². The zero-order valence-electron chi connectivity index (χ0n) is 9.57. The lowest BCUT2D eigenvalue weighted by Crippen LogP contribution is -2.01. The van der Waals surface area contributed by atoms with E-state index in [1.807, 2.05) is 24.3 Å². The molecule has 1 heteroatoms. The van der Waals surface area contributed by atoms with Gasteiger partial charge in [0.1, 0.15) is 0 Å². The number of Topliss-reactive ketones (excluding diaryl/α,β-unsaturated/α-hetero) is 1. The summed E-state index contributed by atoms with van der Waals surface area (Å²) in [7, 11) is 0. The van der Waals surface area contributed by atoms with E-state index in [9.17, 15) is 4.79 Å². The summed E-state index contributed by atoms with van der Waals surface area (Å²) in [6.07, 6.45) is 5.79. The van der Waals surface area contributed by atoms with E-state index in [2.05, 4.69) is 20.1 Å². The number of carbonyl (C=O) groups is 1. The van der Waals surface area contributed by atoms with E-state index < -0.39 is 0 Å². The van der Waals surface area contributed by atoms with Gasteiger partial charge in [-0.15, -0.1) is 0 Å². The van der Waals surface area contributed by atoms with Gasteiger partial charge in [0, 0.05) is 11.1 Å². The average Bonchev–Trinajstić information content (AvgIpc) is 2.35. The Bertz CT molecular complexity index is 421. The summed E-state index contributed by atoms with van der Waals surface area (Å²) in [4.78, 5) is 12.0. The molecule has 0 unspecified atom stereocenters. The monoisotopic (exact) mass is 212 g/mol. The van der Waals surface area contributed by atoms with Gasteiger partial charge in [0.05, 0.1) is 0 Å². The number of rotatable bonds is 5. The molecule has 16 heavy (non-hydrogen) atoms. The highest BCUT2D eigenvalue weighted by atomic mass is 16.1. The molecule has 0 aliphatic rings. The second-order valence-corrected chi connectivity index (χ2v) is 3.44. The van der Waals surface area contributed by atoms with E-state index in [4.69, 9.17) is 0 Å². The molecule has 0 saturated carbocycles. The van der Waals surface area contributed by atoms with Crippen molar-refractivity contribution in [3.05, 3.63) is 72.4 Å². The van der Waals surface area contributed by atoms with Crippen LogP contribution in [0.3, 0.4) is 0 Å². The third-order valence-electron chi connectivity index (χ3n) is 2.40. The molecule has 0 spiro atoms. The Balaban J connectivity index is 2.99. The third-order valence-corrected chi connectivity index (χ3v) is 2.40. The number of ketones is 1. The Labute approximate surface area is 96.8 Å². The van der Waals surface area contributed by atoms with Crippen molar-refractivity contribution in [1.29, 1.82) is 0 Å². The lowest BCUT2D eigenvalue weighted by Gasteiger charge is -2.02. The SMILES string of the molecule is C=C/C=C(\C=C)C(=O)c1ccc(CC)cc1. The van der Waals surface area contributed by atoms with Gasteiger partial charge in [0.15, 0.2) is 5.78 Å². The van der Waals surface area contributed by atoms with Crippen LogP contribution in [0.25, 0.3) is 0 Å². The summed E-state index contributed by atoms with van der Waals surface area (Å²) in [6.45, 7) is 9.29. The second-order valence-electron chi connectivity index (χ2n) is 3.44. The number of aryl methyl sites for hydroxylation is 1. The highest BCUT2D eigenvalue weighted by Crippen LogP contribution is 2.11. The summed E-state index contributed by atoms with van der Waals surface area (Å²) in [5, 5.41) is 0. The largest absolute Gasteiger partial charge is 0.289 e. The van der Waals surface area contributed by atoms with Crippen molar-refractivity contribution in [3.63, 3.8) is 0 Å². The maximum atomic E-state index is 12.0.